The molecule has 0 amide bonds. The van der Waals surface area contributed by atoms with Crippen molar-refractivity contribution in [1.82, 2.24) is 4.90 Å². The van der Waals surface area contributed by atoms with Gasteiger partial charge in [0.15, 0.2) is 11.5 Å². The van der Waals surface area contributed by atoms with Crippen LogP contribution in [0.1, 0.15) is 33.9 Å². The van der Waals surface area contributed by atoms with E-state index in [2.05, 4.69) is 4.90 Å². The summed E-state index contributed by atoms with van der Waals surface area (Å²) in [6, 6.07) is 5.54. The lowest BCUT2D eigenvalue weighted by molar-refractivity contribution is 0.0566. The Morgan fingerprint density at radius 3 is 2.76 bits per heavy atom. The molecule has 0 aromatic heterocycles. The molecular formula is C17H25NO3. The standard InChI is InChI=1S/C17H25NO3/c1-18-9-8-17(7-6-13(19)11-16(17)18)12-4-5-14(20-2)15(10-12)21-3/h4-5,10,13,16,19H,6-9,11H2,1-3H3/t13-,16-,17-/m0/s1/i11D2. The molecule has 1 saturated carbocycles. The van der Waals surface area contributed by atoms with Gasteiger partial charge in [-0.25, -0.2) is 0 Å². The second-order valence-corrected chi connectivity index (χ2v) is 6.08. The van der Waals surface area contributed by atoms with Crippen molar-refractivity contribution in [3.63, 3.8) is 0 Å². The van der Waals surface area contributed by atoms with Crippen LogP contribution in [0.25, 0.3) is 0 Å². The van der Waals surface area contributed by atoms with Gasteiger partial charge in [0.1, 0.15) is 0 Å². The number of hydrogen-bond acceptors (Lipinski definition) is 4. The van der Waals surface area contributed by atoms with E-state index in [0.717, 1.165) is 24.9 Å². The minimum atomic E-state index is -1.63. The second-order valence-electron chi connectivity index (χ2n) is 6.08. The van der Waals surface area contributed by atoms with Gasteiger partial charge in [0.2, 0.25) is 0 Å². The largest absolute Gasteiger partial charge is 0.493 e. The van der Waals surface area contributed by atoms with E-state index in [-0.39, 0.29) is 11.5 Å². The van der Waals surface area contributed by atoms with Crippen LogP contribution in [0.5, 0.6) is 11.5 Å². The smallest absolute Gasteiger partial charge is 0.161 e. The Morgan fingerprint density at radius 2 is 2.05 bits per heavy atom. The lowest BCUT2D eigenvalue weighted by Gasteiger charge is -2.43. The van der Waals surface area contributed by atoms with Crippen LogP contribution in [0.15, 0.2) is 18.2 Å². The summed E-state index contributed by atoms with van der Waals surface area (Å²) in [5, 5.41) is 10.2. The Bertz CT molecular complexity index is 595. The molecule has 116 valence electrons. The molecule has 1 aliphatic carbocycles. The average molecular weight is 293 g/mol. The summed E-state index contributed by atoms with van der Waals surface area (Å²) >= 11 is 0. The van der Waals surface area contributed by atoms with Crippen molar-refractivity contribution in [2.75, 3.05) is 27.8 Å². The molecular weight excluding hydrogens is 266 g/mol. The van der Waals surface area contributed by atoms with Gasteiger partial charge < -0.3 is 19.5 Å². The number of likely N-dealkylation sites (tertiary alicyclic amines) is 1. The molecule has 0 radical (unpaired) electrons. The van der Waals surface area contributed by atoms with Gasteiger partial charge in [-0.15, -0.1) is 0 Å². The van der Waals surface area contributed by atoms with E-state index >= 15 is 0 Å². The topological polar surface area (TPSA) is 41.9 Å². The predicted octanol–water partition coefficient (Wildman–Crippen LogP) is 2.19. The summed E-state index contributed by atoms with van der Waals surface area (Å²) in [5.41, 5.74) is 0.775. The van der Waals surface area contributed by atoms with E-state index in [4.69, 9.17) is 12.2 Å². The molecule has 1 heterocycles. The highest BCUT2D eigenvalue weighted by Gasteiger charge is 2.50. The number of benzene rings is 1. The molecule has 2 fully saturated rings. The van der Waals surface area contributed by atoms with Crippen molar-refractivity contribution >= 4 is 0 Å². The van der Waals surface area contributed by atoms with E-state index < -0.39 is 12.5 Å². The monoisotopic (exact) mass is 293 g/mol. The number of nitrogens with zero attached hydrogens (tertiary/aromatic N) is 1. The highest BCUT2D eigenvalue weighted by molar-refractivity contribution is 5.46. The van der Waals surface area contributed by atoms with Gasteiger partial charge >= 0.3 is 0 Å². The van der Waals surface area contributed by atoms with E-state index in [1.807, 2.05) is 25.2 Å². The molecule has 4 nitrogen and oxygen atoms in total. The zero-order chi connectivity index (χ0) is 16.8. The zero-order valence-corrected chi connectivity index (χ0v) is 12.9. The Balaban J connectivity index is 2.09. The van der Waals surface area contributed by atoms with E-state index in [0.29, 0.717) is 17.9 Å². The summed E-state index contributed by atoms with van der Waals surface area (Å²) in [5.74, 6) is 1.34. The van der Waals surface area contributed by atoms with Gasteiger partial charge in [-0.2, -0.15) is 0 Å². The SMILES string of the molecule is [2H]C1([2H])[C@@H](O)CC[C@@]2(c3ccc(OC)c(OC)c3)CCN(C)[C@@H]12. The number of aliphatic hydroxyl groups is 1. The fourth-order valence-corrected chi connectivity index (χ4v) is 3.86. The third-order valence-electron chi connectivity index (χ3n) is 5.05. The van der Waals surface area contributed by atoms with Gasteiger partial charge in [-0.1, -0.05) is 6.07 Å². The fraction of sp³-hybridized carbons (Fsp3) is 0.647. The molecule has 1 saturated heterocycles. The van der Waals surface area contributed by atoms with Crippen molar-refractivity contribution in [2.45, 2.75) is 43.2 Å². The van der Waals surface area contributed by atoms with E-state index in [9.17, 15) is 5.11 Å². The maximum Gasteiger partial charge on any atom is 0.161 e. The maximum absolute atomic E-state index is 10.2. The lowest BCUT2D eigenvalue weighted by Crippen LogP contribution is -2.47. The van der Waals surface area contributed by atoms with Crippen molar-refractivity contribution < 1.29 is 17.3 Å². The van der Waals surface area contributed by atoms with Gasteiger partial charge in [0.25, 0.3) is 0 Å². The minimum absolute atomic E-state index is 0.295. The third kappa shape index (κ3) is 2.30. The number of methoxy groups -OCH3 is 2. The molecule has 21 heavy (non-hydrogen) atoms. The van der Waals surface area contributed by atoms with Crippen molar-refractivity contribution in [2.24, 2.45) is 0 Å². The first kappa shape index (κ1) is 12.3. The van der Waals surface area contributed by atoms with Crippen LogP contribution in [0.3, 0.4) is 0 Å². The molecule has 3 rings (SSSR count). The van der Waals surface area contributed by atoms with Crippen molar-refractivity contribution in [3.8, 4) is 11.5 Å². The molecule has 4 heteroatoms. The quantitative estimate of drug-likeness (QED) is 0.927. The fourth-order valence-electron chi connectivity index (χ4n) is 3.86. The van der Waals surface area contributed by atoms with Crippen LogP contribution in [0, 0.1) is 0 Å². The first-order chi connectivity index (χ1) is 10.9. The highest BCUT2D eigenvalue weighted by atomic mass is 16.5. The summed E-state index contributed by atoms with van der Waals surface area (Å²) in [4.78, 5) is 2.05. The van der Waals surface area contributed by atoms with Crippen LogP contribution in [0.4, 0.5) is 0 Å². The van der Waals surface area contributed by atoms with Crippen LogP contribution in [-0.2, 0) is 5.41 Å². The molecule has 1 aromatic carbocycles. The highest BCUT2D eigenvalue weighted by Crippen LogP contribution is 2.49. The van der Waals surface area contributed by atoms with E-state index in [1.54, 1.807) is 14.2 Å². The van der Waals surface area contributed by atoms with Crippen LogP contribution in [0.2, 0.25) is 0 Å². The Morgan fingerprint density at radius 1 is 1.29 bits per heavy atom. The molecule has 0 spiro atoms. The van der Waals surface area contributed by atoms with Gasteiger partial charge in [0.05, 0.1) is 20.3 Å². The van der Waals surface area contributed by atoms with E-state index in [1.165, 1.54) is 0 Å². The minimum Gasteiger partial charge on any atom is -0.493 e. The average Bonchev–Trinajstić information content (AvgIpc) is 2.90. The first-order valence-electron chi connectivity index (χ1n) is 8.47. The molecule has 0 bridgehead atoms. The summed E-state index contributed by atoms with van der Waals surface area (Å²) in [6.45, 7) is 0.825. The number of fused-ring (bicyclic) bond motifs is 1. The Labute approximate surface area is 129 Å². The van der Waals surface area contributed by atoms with Gasteiger partial charge in [0, 0.05) is 14.2 Å². The molecule has 2 aliphatic rings. The summed E-state index contributed by atoms with van der Waals surface area (Å²) in [6.07, 6.45) is -0.405. The van der Waals surface area contributed by atoms with Crippen LogP contribution >= 0.6 is 0 Å². The Hall–Kier alpha value is -1.26. The first-order valence-corrected chi connectivity index (χ1v) is 7.47. The lowest BCUT2D eigenvalue weighted by atomic mass is 9.65. The summed E-state index contributed by atoms with van der Waals surface area (Å²) < 4.78 is 27.7. The van der Waals surface area contributed by atoms with Gasteiger partial charge in [-0.05, 0) is 56.9 Å². The number of aliphatic hydroxyl groups excluding tert-OH is 1. The normalized spacial score (nSPS) is 36.6. The number of ether oxygens (including phenoxy) is 2. The molecule has 3 atom stereocenters. The number of likely N-dealkylation sites (N-methyl/N-ethyl adjacent to an activating group) is 1. The number of hydrogen-bond donors (Lipinski definition) is 1. The van der Waals surface area contributed by atoms with Crippen LogP contribution in [-0.4, -0.2) is 50.0 Å². The predicted molar refractivity (Wildman–Crippen MR) is 82.1 cm³/mol. The molecule has 1 aliphatic heterocycles. The zero-order valence-electron chi connectivity index (χ0n) is 14.9. The molecule has 1 N–H and O–H groups in total. The third-order valence-corrected chi connectivity index (χ3v) is 5.05. The van der Waals surface area contributed by atoms with Gasteiger partial charge in [-0.3, -0.25) is 0 Å². The van der Waals surface area contributed by atoms with Crippen molar-refractivity contribution in [1.29, 1.82) is 0 Å². The molecule has 1 aromatic rings. The second kappa shape index (κ2) is 5.50. The molecule has 0 unspecified atom stereocenters. The van der Waals surface area contributed by atoms with Crippen molar-refractivity contribution in [3.05, 3.63) is 23.8 Å². The number of rotatable bonds is 3. The Kier molecular flexibility index (Phi) is 3.22. The van der Waals surface area contributed by atoms with Crippen LogP contribution < -0.4 is 9.47 Å². The summed E-state index contributed by atoms with van der Waals surface area (Å²) in [7, 11) is 5.17. The maximum atomic E-state index is 10.2.